The summed E-state index contributed by atoms with van der Waals surface area (Å²) in [7, 11) is 2.00. The number of anilines is 2. The summed E-state index contributed by atoms with van der Waals surface area (Å²) in [4.78, 5) is 0. The van der Waals surface area contributed by atoms with Crippen molar-refractivity contribution in [2.75, 3.05) is 11.9 Å². The Bertz CT molecular complexity index is 733. The Morgan fingerprint density at radius 3 is 2.75 bits per heavy atom. The van der Waals surface area contributed by atoms with Gasteiger partial charge in [0.15, 0.2) is 0 Å². The number of hydrogen-bond donors (Lipinski definition) is 2. The predicted octanol–water partition coefficient (Wildman–Crippen LogP) is 4.19. The number of aromatic nitrogens is 2. The largest absolute Gasteiger partial charge is 0.353 e. The zero-order chi connectivity index (χ0) is 16.0. The lowest BCUT2D eigenvalue weighted by atomic mass is 9.90. The van der Waals surface area contributed by atoms with Crippen LogP contribution in [0.25, 0.3) is 0 Å². The number of nitrogens with zero attached hydrogens (tertiary/aromatic N) is 2. The van der Waals surface area contributed by atoms with Crippen molar-refractivity contribution in [3.8, 4) is 0 Å². The van der Waals surface area contributed by atoms with Gasteiger partial charge in [-0.05, 0) is 62.4 Å². The van der Waals surface area contributed by atoms with E-state index in [4.69, 9.17) is 0 Å². The fourth-order valence-corrected chi connectivity index (χ4v) is 3.71. The highest BCUT2D eigenvalue weighted by molar-refractivity contribution is 5.85. The fraction of sp³-hybridized carbons (Fsp3) is 0.526. The minimum atomic E-state index is 0. The number of hydrogen-bond acceptors (Lipinski definition) is 3. The molecule has 2 heterocycles. The Morgan fingerprint density at radius 2 is 2.08 bits per heavy atom. The van der Waals surface area contributed by atoms with Crippen molar-refractivity contribution in [3.05, 3.63) is 40.7 Å². The Hall–Kier alpha value is -1.52. The SMILES string of the molecule is Cc1nn(C)c(C)c1Nc1ccc2c(c1)C(CC1CC1)NCC2.Cl. The third kappa shape index (κ3) is 3.31. The van der Waals surface area contributed by atoms with E-state index in [9.17, 15) is 0 Å². The molecule has 5 heteroatoms. The summed E-state index contributed by atoms with van der Waals surface area (Å²) in [5.74, 6) is 0.942. The van der Waals surface area contributed by atoms with Crippen molar-refractivity contribution < 1.29 is 0 Å². The van der Waals surface area contributed by atoms with Gasteiger partial charge < -0.3 is 10.6 Å². The van der Waals surface area contributed by atoms with Crippen molar-refractivity contribution in [3.63, 3.8) is 0 Å². The molecule has 1 aromatic carbocycles. The number of fused-ring (bicyclic) bond motifs is 1. The molecule has 130 valence electrons. The first-order valence-electron chi connectivity index (χ1n) is 8.75. The zero-order valence-electron chi connectivity index (χ0n) is 14.7. The molecular formula is C19H27ClN4. The molecule has 1 saturated carbocycles. The van der Waals surface area contributed by atoms with Gasteiger partial charge in [-0.3, -0.25) is 4.68 Å². The smallest absolute Gasteiger partial charge is 0.0831 e. The minimum absolute atomic E-state index is 0. The summed E-state index contributed by atoms with van der Waals surface area (Å²) >= 11 is 0. The van der Waals surface area contributed by atoms with Crippen molar-refractivity contribution >= 4 is 23.8 Å². The van der Waals surface area contributed by atoms with E-state index in [1.54, 1.807) is 0 Å². The fourth-order valence-electron chi connectivity index (χ4n) is 3.71. The molecule has 1 unspecified atom stereocenters. The number of halogens is 1. The average molecular weight is 347 g/mol. The second kappa shape index (κ2) is 6.77. The molecule has 0 saturated heterocycles. The normalized spacial score (nSPS) is 19.5. The lowest BCUT2D eigenvalue weighted by Gasteiger charge is -2.28. The minimum Gasteiger partial charge on any atom is -0.353 e. The van der Waals surface area contributed by atoms with E-state index >= 15 is 0 Å². The molecule has 2 aliphatic rings. The van der Waals surface area contributed by atoms with E-state index in [1.807, 2.05) is 11.7 Å². The molecule has 1 aromatic heterocycles. The van der Waals surface area contributed by atoms with E-state index in [-0.39, 0.29) is 12.4 Å². The molecule has 1 atom stereocenters. The van der Waals surface area contributed by atoms with Gasteiger partial charge in [-0.2, -0.15) is 5.10 Å². The van der Waals surface area contributed by atoms with Gasteiger partial charge in [0, 0.05) is 18.8 Å². The summed E-state index contributed by atoms with van der Waals surface area (Å²) in [6, 6.07) is 7.40. The molecular weight excluding hydrogens is 320 g/mol. The maximum Gasteiger partial charge on any atom is 0.0831 e. The zero-order valence-corrected chi connectivity index (χ0v) is 15.5. The highest BCUT2D eigenvalue weighted by Gasteiger charge is 2.29. The third-order valence-corrected chi connectivity index (χ3v) is 5.35. The Morgan fingerprint density at radius 1 is 1.29 bits per heavy atom. The van der Waals surface area contributed by atoms with Gasteiger partial charge in [0.05, 0.1) is 17.1 Å². The van der Waals surface area contributed by atoms with Gasteiger partial charge in [-0.15, -0.1) is 12.4 Å². The number of rotatable bonds is 4. The van der Waals surface area contributed by atoms with Crippen molar-refractivity contribution in [2.24, 2.45) is 13.0 Å². The maximum atomic E-state index is 4.50. The predicted molar refractivity (Wildman–Crippen MR) is 101 cm³/mol. The molecule has 4 nitrogen and oxygen atoms in total. The Labute approximate surface area is 150 Å². The lowest BCUT2D eigenvalue weighted by Crippen LogP contribution is -2.30. The Balaban J connectivity index is 0.00000169. The van der Waals surface area contributed by atoms with Crippen LogP contribution >= 0.6 is 12.4 Å². The van der Waals surface area contributed by atoms with E-state index in [0.717, 1.165) is 30.3 Å². The van der Waals surface area contributed by atoms with Crippen LogP contribution in [0, 0.1) is 19.8 Å². The van der Waals surface area contributed by atoms with Crippen LogP contribution < -0.4 is 10.6 Å². The third-order valence-electron chi connectivity index (χ3n) is 5.35. The Kier molecular flexibility index (Phi) is 4.88. The summed E-state index contributed by atoms with van der Waals surface area (Å²) < 4.78 is 1.94. The summed E-state index contributed by atoms with van der Waals surface area (Å²) in [5, 5.41) is 11.8. The van der Waals surface area contributed by atoms with E-state index in [1.165, 1.54) is 41.8 Å². The van der Waals surface area contributed by atoms with Gasteiger partial charge in [0.1, 0.15) is 0 Å². The molecule has 2 N–H and O–H groups in total. The second-order valence-electron chi connectivity index (χ2n) is 7.14. The van der Waals surface area contributed by atoms with Crippen molar-refractivity contribution in [2.45, 2.75) is 45.6 Å². The van der Waals surface area contributed by atoms with Gasteiger partial charge in [-0.1, -0.05) is 18.9 Å². The monoisotopic (exact) mass is 346 g/mol. The highest BCUT2D eigenvalue weighted by Crippen LogP contribution is 2.40. The quantitative estimate of drug-likeness (QED) is 0.872. The van der Waals surface area contributed by atoms with Gasteiger partial charge in [0.2, 0.25) is 0 Å². The summed E-state index contributed by atoms with van der Waals surface area (Å²) in [5.41, 5.74) is 7.54. The van der Waals surface area contributed by atoms with Crippen LogP contribution in [-0.4, -0.2) is 16.3 Å². The van der Waals surface area contributed by atoms with Crippen LogP contribution in [0.4, 0.5) is 11.4 Å². The van der Waals surface area contributed by atoms with Gasteiger partial charge in [-0.25, -0.2) is 0 Å². The molecule has 4 rings (SSSR count). The van der Waals surface area contributed by atoms with Crippen LogP contribution in [0.5, 0.6) is 0 Å². The van der Waals surface area contributed by atoms with E-state index in [2.05, 4.69) is 47.8 Å². The standard InChI is InChI=1S/C19H26N4.ClH/c1-12-19(13(2)23(3)22-12)21-16-7-6-15-8-9-20-18(17(15)11-16)10-14-4-5-14;/h6-7,11,14,18,20-21H,4-5,8-10H2,1-3H3;1H. The van der Waals surface area contributed by atoms with Crippen LogP contribution in [0.3, 0.4) is 0 Å². The molecule has 1 aliphatic carbocycles. The molecule has 24 heavy (non-hydrogen) atoms. The first-order valence-corrected chi connectivity index (χ1v) is 8.75. The lowest BCUT2D eigenvalue weighted by molar-refractivity contribution is 0.453. The van der Waals surface area contributed by atoms with Gasteiger partial charge >= 0.3 is 0 Å². The van der Waals surface area contributed by atoms with E-state index in [0.29, 0.717) is 6.04 Å². The molecule has 0 radical (unpaired) electrons. The van der Waals surface area contributed by atoms with Crippen LogP contribution in [0.15, 0.2) is 18.2 Å². The van der Waals surface area contributed by atoms with Gasteiger partial charge in [0.25, 0.3) is 0 Å². The van der Waals surface area contributed by atoms with Crippen molar-refractivity contribution in [1.29, 1.82) is 0 Å². The highest BCUT2D eigenvalue weighted by atomic mass is 35.5. The topological polar surface area (TPSA) is 41.9 Å². The second-order valence-corrected chi connectivity index (χ2v) is 7.14. The maximum absolute atomic E-state index is 4.50. The number of benzene rings is 1. The molecule has 2 aromatic rings. The summed E-state index contributed by atoms with van der Waals surface area (Å²) in [6.07, 6.45) is 5.27. The first kappa shape index (κ1) is 17.3. The van der Waals surface area contributed by atoms with Crippen LogP contribution in [0.1, 0.15) is 47.8 Å². The summed E-state index contributed by atoms with van der Waals surface area (Å²) in [6.45, 7) is 5.28. The molecule has 0 spiro atoms. The molecule has 1 aliphatic heterocycles. The first-order chi connectivity index (χ1) is 11.1. The van der Waals surface area contributed by atoms with Crippen LogP contribution in [0.2, 0.25) is 0 Å². The molecule has 1 fully saturated rings. The number of aryl methyl sites for hydroxylation is 2. The average Bonchev–Trinajstić information content (AvgIpc) is 3.32. The van der Waals surface area contributed by atoms with E-state index < -0.39 is 0 Å². The molecule has 0 bridgehead atoms. The number of nitrogens with one attached hydrogen (secondary N) is 2. The van der Waals surface area contributed by atoms with Crippen LogP contribution in [-0.2, 0) is 13.5 Å². The van der Waals surface area contributed by atoms with Crippen molar-refractivity contribution in [1.82, 2.24) is 15.1 Å². The molecule has 0 amide bonds.